The molecule has 4 rings (SSSR count). The molecule has 1 aromatic carbocycles. The van der Waals surface area contributed by atoms with Crippen molar-refractivity contribution >= 4 is 11.0 Å². The Balaban J connectivity index is 1.36. The Morgan fingerprint density at radius 1 is 1.30 bits per heavy atom. The maximum Gasteiger partial charge on any atom is 0.112 e. The highest BCUT2D eigenvalue weighted by molar-refractivity contribution is 5.74. The lowest BCUT2D eigenvalue weighted by atomic mass is 9.95. The van der Waals surface area contributed by atoms with Crippen LogP contribution in [0.1, 0.15) is 24.6 Å². The van der Waals surface area contributed by atoms with E-state index in [9.17, 15) is 0 Å². The van der Waals surface area contributed by atoms with Gasteiger partial charge in [-0.25, -0.2) is 4.98 Å². The second-order valence-electron chi connectivity index (χ2n) is 6.14. The van der Waals surface area contributed by atoms with Crippen LogP contribution in [0.4, 0.5) is 0 Å². The smallest absolute Gasteiger partial charge is 0.112 e. The number of nitrogens with one attached hydrogen (secondary N) is 1. The Bertz CT molecular complexity index is 549. The Morgan fingerprint density at radius 2 is 2.20 bits per heavy atom. The van der Waals surface area contributed by atoms with Crippen molar-refractivity contribution in [2.75, 3.05) is 32.8 Å². The van der Waals surface area contributed by atoms with Gasteiger partial charge in [0.1, 0.15) is 5.82 Å². The summed E-state index contributed by atoms with van der Waals surface area (Å²) in [6.07, 6.45) is 2.55. The van der Waals surface area contributed by atoms with Crippen molar-refractivity contribution in [3.8, 4) is 0 Å². The zero-order chi connectivity index (χ0) is 13.4. The van der Waals surface area contributed by atoms with Crippen molar-refractivity contribution in [1.29, 1.82) is 0 Å². The van der Waals surface area contributed by atoms with Gasteiger partial charge in [0, 0.05) is 32.2 Å². The number of hydrogen-bond donors (Lipinski definition) is 1. The molecule has 0 unspecified atom stereocenters. The largest absolute Gasteiger partial charge is 0.381 e. The average molecular weight is 271 g/mol. The monoisotopic (exact) mass is 271 g/mol. The topological polar surface area (TPSA) is 41.2 Å². The van der Waals surface area contributed by atoms with Gasteiger partial charge in [0.25, 0.3) is 0 Å². The Hall–Kier alpha value is -1.39. The molecule has 0 spiro atoms. The molecule has 1 aromatic heterocycles. The van der Waals surface area contributed by atoms with Crippen LogP contribution in [0.25, 0.3) is 11.0 Å². The van der Waals surface area contributed by atoms with Crippen LogP contribution in [0.3, 0.4) is 0 Å². The van der Waals surface area contributed by atoms with Crippen molar-refractivity contribution in [2.24, 2.45) is 5.92 Å². The van der Waals surface area contributed by atoms with Crippen LogP contribution in [0.15, 0.2) is 24.3 Å². The minimum absolute atomic E-state index is 0.576. The molecule has 0 amide bonds. The molecule has 0 aliphatic carbocycles. The van der Waals surface area contributed by atoms with Gasteiger partial charge in [-0.2, -0.15) is 0 Å². The van der Waals surface area contributed by atoms with Crippen LogP contribution < -0.4 is 0 Å². The fourth-order valence-corrected chi connectivity index (χ4v) is 3.37. The molecule has 3 heterocycles. The van der Waals surface area contributed by atoms with Crippen LogP contribution >= 0.6 is 0 Å². The molecule has 0 radical (unpaired) electrons. The molecule has 1 atom stereocenters. The lowest BCUT2D eigenvalue weighted by Gasteiger charge is -2.40. The first kappa shape index (κ1) is 12.4. The average Bonchev–Trinajstić information content (AvgIpc) is 2.86. The van der Waals surface area contributed by atoms with Crippen molar-refractivity contribution < 1.29 is 4.74 Å². The predicted octanol–water partition coefficient (Wildman–Crippen LogP) is 2.39. The van der Waals surface area contributed by atoms with Gasteiger partial charge in [-0.15, -0.1) is 0 Å². The van der Waals surface area contributed by atoms with Crippen molar-refractivity contribution in [3.63, 3.8) is 0 Å². The first-order valence-corrected chi connectivity index (χ1v) is 7.63. The maximum absolute atomic E-state index is 5.56. The first-order chi connectivity index (χ1) is 9.88. The molecule has 0 saturated carbocycles. The van der Waals surface area contributed by atoms with Gasteiger partial charge in [-0.05, 0) is 30.9 Å². The molecule has 2 saturated heterocycles. The van der Waals surface area contributed by atoms with E-state index in [0.717, 1.165) is 49.1 Å². The molecule has 4 nitrogen and oxygen atoms in total. The summed E-state index contributed by atoms with van der Waals surface area (Å²) in [5, 5.41) is 0. The molecule has 2 aliphatic rings. The Morgan fingerprint density at radius 3 is 3.00 bits per heavy atom. The van der Waals surface area contributed by atoms with E-state index in [0.29, 0.717) is 5.92 Å². The highest BCUT2D eigenvalue weighted by Crippen LogP contribution is 2.28. The highest BCUT2D eigenvalue weighted by atomic mass is 16.5. The zero-order valence-electron chi connectivity index (χ0n) is 11.7. The molecule has 2 aliphatic heterocycles. The standard InChI is InChI=1S/C16H21N3O/c1-2-6-15-14(5-1)17-16(18-15)13-9-19(10-13)8-12-4-3-7-20-11-12/h1-2,5-6,12-13H,3-4,7-11H2,(H,17,18)/t12-/m1/s1. The number of benzene rings is 1. The summed E-state index contributed by atoms with van der Waals surface area (Å²) < 4.78 is 5.56. The third kappa shape index (κ3) is 2.34. The summed E-state index contributed by atoms with van der Waals surface area (Å²) in [6, 6.07) is 8.27. The van der Waals surface area contributed by atoms with Gasteiger partial charge < -0.3 is 14.6 Å². The van der Waals surface area contributed by atoms with Gasteiger partial charge >= 0.3 is 0 Å². The third-order valence-corrected chi connectivity index (χ3v) is 4.52. The number of hydrogen-bond acceptors (Lipinski definition) is 3. The van der Waals surface area contributed by atoms with Crippen molar-refractivity contribution in [3.05, 3.63) is 30.1 Å². The first-order valence-electron chi connectivity index (χ1n) is 7.63. The number of fused-ring (bicyclic) bond motifs is 1. The number of aromatic amines is 1. The van der Waals surface area contributed by atoms with Crippen LogP contribution in [-0.2, 0) is 4.74 Å². The molecular weight excluding hydrogens is 250 g/mol. The van der Waals surface area contributed by atoms with Crippen molar-refractivity contribution in [2.45, 2.75) is 18.8 Å². The number of nitrogens with zero attached hydrogens (tertiary/aromatic N) is 2. The second-order valence-corrected chi connectivity index (χ2v) is 6.14. The van der Waals surface area contributed by atoms with Gasteiger partial charge in [0.05, 0.1) is 17.6 Å². The summed E-state index contributed by atoms with van der Waals surface area (Å²) in [6.45, 7) is 5.37. The quantitative estimate of drug-likeness (QED) is 0.932. The number of H-pyrrole nitrogens is 1. The van der Waals surface area contributed by atoms with E-state index in [1.54, 1.807) is 0 Å². The van der Waals surface area contributed by atoms with E-state index in [2.05, 4.69) is 28.1 Å². The lowest BCUT2D eigenvalue weighted by Crippen LogP contribution is -2.48. The molecule has 2 fully saturated rings. The van der Waals surface area contributed by atoms with Crippen LogP contribution in [0.2, 0.25) is 0 Å². The Kier molecular flexibility index (Phi) is 3.20. The number of aromatic nitrogens is 2. The van der Waals surface area contributed by atoms with Gasteiger partial charge in [-0.1, -0.05) is 12.1 Å². The van der Waals surface area contributed by atoms with Gasteiger partial charge in [-0.3, -0.25) is 0 Å². The van der Waals surface area contributed by atoms with E-state index in [1.807, 2.05) is 6.07 Å². The highest BCUT2D eigenvalue weighted by Gasteiger charge is 2.32. The number of ether oxygens (including phenoxy) is 1. The molecule has 20 heavy (non-hydrogen) atoms. The van der Waals surface area contributed by atoms with Crippen LogP contribution in [0, 0.1) is 5.92 Å². The minimum atomic E-state index is 0.576. The molecular formula is C16H21N3O. The van der Waals surface area contributed by atoms with E-state index in [4.69, 9.17) is 9.72 Å². The number of imidazole rings is 1. The van der Waals surface area contributed by atoms with Gasteiger partial charge in [0.15, 0.2) is 0 Å². The van der Waals surface area contributed by atoms with Crippen molar-refractivity contribution in [1.82, 2.24) is 14.9 Å². The van der Waals surface area contributed by atoms with E-state index >= 15 is 0 Å². The normalized spacial score (nSPS) is 24.9. The Labute approximate surface area is 119 Å². The summed E-state index contributed by atoms with van der Waals surface area (Å²) in [5.74, 6) is 2.47. The molecule has 0 bridgehead atoms. The maximum atomic E-state index is 5.56. The summed E-state index contributed by atoms with van der Waals surface area (Å²) in [5.41, 5.74) is 2.24. The van der Waals surface area contributed by atoms with E-state index in [-0.39, 0.29) is 0 Å². The predicted molar refractivity (Wildman–Crippen MR) is 78.8 cm³/mol. The summed E-state index contributed by atoms with van der Waals surface area (Å²) in [7, 11) is 0. The number of para-hydroxylation sites is 2. The van der Waals surface area contributed by atoms with Gasteiger partial charge in [0.2, 0.25) is 0 Å². The minimum Gasteiger partial charge on any atom is -0.381 e. The zero-order valence-corrected chi connectivity index (χ0v) is 11.7. The molecule has 4 heteroatoms. The second kappa shape index (κ2) is 5.19. The summed E-state index contributed by atoms with van der Waals surface area (Å²) >= 11 is 0. The number of likely N-dealkylation sites (tertiary alicyclic amines) is 1. The molecule has 2 aromatic rings. The summed E-state index contributed by atoms with van der Waals surface area (Å²) in [4.78, 5) is 10.7. The van der Waals surface area contributed by atoms with E-state index in [1.165, 1.54) is 19.4 Å². The number of rotatable bonds is 3. The molecule has 1 N–H and O–H groups in total. The fourth-order valence-electron chi connectivity index (χ4n) is 3.37. The molecule has 106 valence electrons. The third-order valence-electron chi connectivity index (χ3n) is 4.52. The van der Waals surface area contributed by atoms with Crippen LogP contribution in [0.5, 0.6) is 0 Å². The lowest BCUT2D eigenvalue weighted by molar-refractivity contribution is 0.0222. The van der Waals surface area contributed by atoms with E-state index < -0.39 is 0 Å². The fraction of sp³-hybridized carbons (Fsp3) is 0.562. The van der Waals surface area contributed by atoms with Crippen LogP contribution in [-0.4, -0.2) is 47.7 Å². The SMILES string of the molecule is c1ccc2[nH]c(C3CN(C[C@H]4CCCOC4)C3)nc2c1.